The highest BCUT2D eigenvalue weighted by atomic mass is 32.2. The lowest BCUT2D eigenvalue weighted by Crippen LogP contribution is -2.18. The number of aliphatic hydroxyl groups is 2. The van der Waals surface area contributed by atoms with Crippen LogP contribution in [0.3, 0.4) is 0 Å². The van der Waals surface area contributed by atoms with Gasteiger partial charge in [0.25, 0.3) is 0 Å². The second-order valence-electron chi connectivity index (χ2n) is 9.05. The molecule has 2 aliphatic rings. The summed E-state index contributed by atoms with van der Waals surface area (Å²) in [7, 11) is 4.25. The van der Waals surface area contributed by atoms with Gasteiger partial charge in [0.05, 0.1) is 12.2 Å². The van der Waals surface area contributed by atoms with Crippen LogP contribution in [-0.2, 0) is 6.42 Å². The van der Waals surface area contributed by atoms with Crippen LogP contribution in [0.1, 0.15) is 30.4 Å². The fourth-order valence-electron chi connectivity index (χ4n) is 4.75. The Hall–Kier alpha value is -1.07. The van der Waals surface area contributed by atoms with Crippen molar-refractivity contribution in [3.63, 3.8) is 0 Å². The van der Waals surface area contributed by atoms with Crippen LogP contribution in [0.2, 0.25) is 0 Å². The lowest BCUT2D eigenvalue weighted by Gasteiger charge is -2.19. The zero-order valence-corrected chi connectivity index (χ0v) is 18.9. The van der Waals surface area contributed by atoms with Crippen LogP contribution in [0.5, 0.6) is 0 Å². The van der Waals surface area contributed by atoms with E-state index in [1.165, 1.54) is 23.5 Å². The Kier molecular flexibility index (Phi) is 8.43. The topological polar surface area (TPSA) is 43.7 Å². The molecule has 0 amide bonds. The van der Waals surface area contributed by atoms with Crippen LogP contribution in [0.4, 0.5) is 0 Å². The maximum atomic E-state index is 10.5. The number of allylic oxidation sites excluding steroid dienone is 2. The Morgan fingerprint density at radius 3 is 2.86 bits per heavy atom. The summed E-state index contributed by atoms with van der Waals surface area (Å²) < 4.78 is 0. The summed E-state index contributed by atoms with van der Waals surface area (Å²) in [6, 6.07) is 8.30. The van der Waals surface area contributed by atoms with Gasteiger partial charge in [0, 0.05) is 24.6 Å². The second-order valence-corrected chi connectivity index (χ2v) is 10.3. The Labute approximate surface area is 180 Å². The molecule has 2 aliphatic carbocycles. The third kappa shape index (κ3) is 6.71. The number of nitrogens with zero attached hydrogens (tertiary/aromatic N) is 1. The minimum absolute atomic E-state index is 0.169. The fraction of sp³-hybridized carbons (Fsp3) is 0.600. The van der Waals surface area contributed by atoms with Gasteiger partial charge in [0.1, 0.15) is 0 Å². The average Bonchev–Trinajstić information content (AvgIpc) is 3.16. The quantitative estimate of drug-likeness (QED) is 0.446. The van der Waals surface area contributed by atoms with E-state index in [4.69, 9.17) is 0 Å². The first kappa shape index (κ1) is 22.6. The summed E-state index contributed by atoms with van der Waals surface area (Å²) in [5.41, 5.74) is 3.95. The molecule has 3 nitrogen and oxygen atoms in total. The summed E-state index contributed by atoms with van der Waals surface area (Å²) >= 11 is 2.03. The van der Waals surface area contributed by atoms with Crippen LogP contribution in [0, 0.1) is 24.7 Å². The molecule has 0 radical (unpaired) electrons. The number of hydrogen-bond donors (Lipinski definition) is 2. The van der Waals surface area contributed by atoms with Gasteiger partial charge in [-0.15, -0.1) is 0 Å². The van der Waals surface area contributed by atoms with Gasteiger partial charge in [-0.05, 0) is 63.4 Å². The van der Waals surface area contributed by atoms with E-state index in [1.54, 1.807) is 5.57 Å². The smallest absolute Gasteiger partial charge is 0.0761 e. The molecule has 160 valence electrons. The molecule has 0 saturated heterocycles. The number of hydrogen-bond acceptors (Lipinski definition) is 4. The van der Waals surface area contributed by atoms with E-state index in [0.29, 0.717) is 18.3 Å². The van der Waals surface area contributed by atoms with E-state index in [-0.39, 0.29) is 12.0 Å². The molecule has 3 rings (SSSR count). The van der Waals surface area contributed by atoms with Gasteiger partial charge >= 0.3 is 0 Å². The van der Waals surface area contributed by atoms with Crippen molar-refractivity contribution in [3.05, 3.63) is 59.2 Å². The summed E-state index contributed by atoms with van der Waals surface area (Å²) in [6.45, 7) is 3.21. The highest BCUT2D eigenvalue weighted by Crippen LogP contribution is 2.48. The molecule has 29 heavy (non-hydrogen) atoms. The van der Waals surface area contributed by atoms with Gasteiger partial charge in [0.15, 0.2) is 0 Å². The number of benzene rings is 1. The molecular formula is C25H37NO2S. The molecule has 5 atom stereocenters. The second kappa shape index (κ2) is 10.8. The molecule has 0 bridgehead atoms. The monoisotopic (exact) mass is 415 g/mol. The average molecular weight is 416 g/mol. The van der Waals surface area contributed by atoms with Crippen LogP contribution in [-0.4, -0.2) is 59.5 Å². The van der Waals surface area contributed by atoms with Crippen molar-refractivity contribution < 1.29 is 10.2 Å². The van der Waals surface area contributed by atoms with Gasteiger partial charge in [0.2, 0.25) is 0 Å². The number of aryl methyl sites for hydroxylation is 1. The summed E-state index contributed by atoms with van der Waals surface area (Å²) in [6.07, 6.45) is 9.45. The number of fused-ring (bicyclic) bond motifs is 1. The van der Waals surface area contributed by atoms with Crippen molar-refractivity contribution >= 4 is 11.8 Å². The summed E-state index contributed by atoms with van der Waals surface area (Å²) in [4.78, 5) is 2.23. The Balaban J connectivity index is 1.47. The first-order valence-corrected chi connectivity index (χ1v) is 12.1. The lowest BCUT2D eigenvalue weighted by molar-refractivity contribution is 0.140. The Morgan fingerprint density at radius 1 is 1.28 bits per heavy atom. The molecule has 1 fully saturated rings. The molecular weight excluding hydrogens is 378 g/mol. The van der Waals surface area contributed by atoms with E-state index < -0.39 is 6.10 Å². The number of rotatable bonds is 10. The molecule has 0 heterocycles. The zero-order valence-electron chi connectivity index (χ0n) is 18.1. The van der Waals surface area contributed by atoms with E-state index in [1.807, 2.05) is 23.9 Å². The van der Waals surface area contributed by atoms with Crippen molar-refractivity contribution in [1.82, 2.24) is 4.90 Å². The van der Waals surface area contributed by atoms with Crippen LogP contribution < -0.4 is 0 Å². The Morgan fingerprint density at radius 2 is 2.10 bits per heavy atom. The van der Waals surface area contributed by atoms with Crippen molar-refractivity contribution in [3.8, 4) is 0 Å². The van der Waals surface area contributed by atoms with Crippen molar-refractivity contribution in [2.45, 2.75) is 44.8 Å². The molecule has 1 saturated carbocycles. The number of aliphatic hydroxyl groups excluding tert-OH is 2. The fourth-order valence-corrected chi connectivity index (χ4v) is 5.85. The maximum absolute atomic E-state index is 10.5. The Bertz CT molecular complexity index is 715. The molecule has 0 spiro atoms. The predicted molar refractivity (Wildman–Crippen MR) is 124 cm³/mol. The zero-order chi connectivity index (χ0) is 20.8. The normalized spacial score (nSPS) is 27.6. The first-order valence-electron chi connectivity index (χ1n) is 10.9. The molecule has 1 aromatic carbocycles. The molecule has 0 aliphatic heterocycles. The van der Waals surface area contributed by atoms with Gasteiger partial charge in [-0.25, -0.2) is 0 Å². The van der Waals surface area contributed by atoms with Gasteiger partial charge in [-0.1, -0.05) is 53.6 Å². The third-order valence-electron chi connectivity index (χ3n) is 6.28. The molecule has 1 aromatic rings. The number of thioether (sulfide) groups is 1. The predicted octanol–water partition coefficient (Wildman–Crippen LogP) is 4.08. The van der Waals surface area contributed by atoms with Crippen molar-refractivity contribution in [2.75, 3.05) is 32.1 Å². The first-order chi connectivity index (χ1) is 13.9. The SMILES string of the molecule is Cc1cccc(C[C@H](O)C=C[C@@H]2[C@H]3CC(CCSCCN(C)C)=C[C@H]3C[C@H]2O)c1. The highest BCUT2D eigenvalue weighted by Gasteiger charge is 2.43. The van der Waals surface area contributed by atoms with E-state index >= 15 is 0 Å². The van der Waals surface area contributed by atoms with Crippen LogP contribution in [0.15, 0.2) is 48.1 Å². The largest absolute Gasteiger partial charge is 0.392 e. The highest BCUT2D eigenvalue weighted by molar-refractivity contribution is 7.99. The minimum Gasteiger partial charge on any atom is -0.392 e. The van der Waals surface area contributed by atoms with Crippen molar-refractivity contribution in [1.29, 1.82) is 0 Å². The van der Waals surface area contributed by atoms with Crippen LogP contribution >= 0.6 is 11.8 Å². The molecule has 0 unspecified atom stereocenters. The standard InChI is InChI=1S/C25H37NO2S/c1-18-5-4-6-19(13-18)15-22(27)7-8-23-24-16-20(14-21(24)17-25(23)28)9-11-29-12-10-26(2)3/h4-8,13-14,21-25,27-28H,9-12,15-17H2,1-3H3/t21-,22+,23+,24-,25+/m0/s1. The summed E-state index contributed by atoms with van der Waals surface area (Å²) in [5.74, 6) is 3.57. The van der Waals surface area contributed by atoms with E-state index in [0.717, 1.165) is 24.9 Å². The van der Waals surface area contributed by atoms with Crippen LogP contribution in [0.25, 0.3) is 0 Å². The maximum Gasteiger partial charge on any atom is 0.0761 e. The van der Waals surface area contributed by atoms with Gasteiger partial charge < -0.3 is 15.1 Å². The van der Waals surface area contributed by atoms with E-state index in [9.17, 15) is 10.2 Å². The summed E-state index contributed by atoms with van der Waals surface area (Å²) in [5, 5.41) is 21.0. The molecule has 4 heteroatoms. The minimum atomic E-state index is -0.495. The van der Waals surface area contributed by atoms with Gasteiger partial charge in [-0.3, -0.25) is 0 Å². The third-order valence-corrected chi connectivity index (χ3v) is 7.25. The van der Waals surface area contributed by atoms with E-state index in [2.05, 4.69) is 56.3 Å². The molecule has 0 aromatic heterocycles. The van der Waals surface area contributed by atoms with Gasteiger partial charge in [-0.2, -0.15) is 11.8 Å². The molecule has 2 N–H and O–H groups in total. The van der Waals surface area contributed by atoms with Crippen molar-refractivity contribution in [2.24, 2.45) is 17.8 Å². The lowest BCUT2D eigenvalue weighted by atomic mass is 9.88.